The van der Waals surface area contributed by atoms with Gasteiger partial charge in [-0.15, -0.1) is 11.3 Å². The molecule has 0 fully saturated rings. The van der Waals surface area contributed by atoms with Crippen LogP contribution in [0.4, 0.5) is 0 Å². The first-order chi connectivity index (χ1) is 14.7. The van der Waals surface area contributed by atoms with Crippen molar-refractivity contribution in [3.63, 3.8) is 0 Å². The minimum atomic E-state index is 0.953. The highest BCUT2D eigenvalue weighted by molar-refractivity contribution is 7.26. The molecule has 4 heteroatoms. The van der Waals surface area contributed by atoms with E-state index in [0.29, 0.717) is 0 Å². The first-order valence-electron chi connectivity index (χ1n) is 10.0. The van der Waals surface area contributed by atoms with Gasteiger partial charge in [0.2, 0.25) is 0 Å². The molecule has 30 heavy (non-hydrogen) atoms. The molecule has 3 aromatic heterocycles. The molecule has 0 N–H and O–H groups in total. The molecule has 0 radical (unpaired) electrons. The number of benzene rings is 3. The summed E-state index contributed by atoms with van der Waals surface area (Å²) in [6.45, 7) is 4.36. The third-order valence-electron chi connectivity index (χ3n) is 5.69. The molecule has 0 saturated heterocycles. The lowest BCUT2D eigenvalue weighted by Gasteiger charge is -2.11. The molecule has 6 aromatic rings. The second-order valence-corrected chi connectivity index (χ2v) is 8.76. The number of hydrogen-bond donors (Lipinski definition) is 0. The standard InChI is InChI=1S/C26H19N3S/c1-16-8-11-23-20(14-16)24-17(2)9-10-19(25(24)30-23)26-28-21-12-13-27-15-22(21)29(26)18-6-4-3-5-7-18/h3-15H,1-2H3. The first kappa shape index (κ1) is 17.4. The summed E-state index contributed by atoms with van der Waals surface area (Å²) in [7, 11) is 0. The summed E-state index contributed by atoms with van der Waals surface area (Å²) < 4.78 is 4.83. The van der Waals surface area contributed by atoms with E-state index in [9.17, 15) is 0 Å². The SMILES string of the molecule is Cc1ccc2sc3c(-c4nc5ccncc5n4-c4ccccc4)ccc(C)c3c2c1. The fourth-order valence-corrected chi connectivity index (χ4v) is 5.55. The van der Waals surface area contributed by atoms with E-state index in [0.717, 1.165) is 28.1 Å². The van der Waals surface area contributed by atoms with Gasteiger partial charge in [-0.1, -0.05) is 35.9 Å². The van der Waals surface area contributed by atoms with Gasteiger partial charge in [-0.25, -0.2) is 4.98 Å². The maximum atomic E-state index is 5.06. The molecule has 0 amide bonds. The third kappa shape index (κ3) is 2.50. The number of hydrogen-bond acceptors (Lipinski definition) is 3. The Balaban J connectivity index is 1.75. The van der Waals surface area contributed by atoms with Crippen molar-refractivity contribution in [3.8, 4) is 17.1 Å². The lowest BCUT2D eigenvalue weighted by molar-refractivity contribution is 1.10. The number of rotatable bonds is 2. The van der Waals surface area contributed by atoms with Crippen LogP contribution in [0.5, 0.6) is 0 Å². The normalized spacial score (nSPS) is 11.7. The van der Waals surface area contributed by atoms with Crippen molar-refractivity contribution in [1.29, 1.82) is 0 Å². The van der Waals surface area contributed by atoms with Crippen LogP contribution in [0.25, 0.3) is 48.3 Å². The van der Waals surface area contributed by atoms with E-state index in [-0.39, 0.29) is 0 Å². The van der Waals surface area contributed by atoms with Crippen LogP contribution in [0.2, 0.25) is 0 Å². The number of imidazole rings is 1. The van der Waals surface area contributed by atoms with E-state index >= 15 is 0 Å². The molecule has 0 aliphatic rings. The quantitative estimate of drug-likeness (QED) is 0.308. The molecule has 0 aliphatic carbocycles. The van der Waals surface area contributed by atoms with Gasteiger partial charge in [0, 0.05) is 37.6 Å². The van der Waals surface area contributed by atoms with Gasteiger partial charge in [0.05, 0.1) is 17.2 Å². The van der Waals surface area contributed by atoms with Crippen LogP contribution < -0.4 is 0 Å². The van der Waals surface area contributed by atoms with Crippen LogP contribution in [-0.4, -0.2) is 14.5 Å². The van der Waals surface area contributed by atoms with Crippen LogP contribution in [0.3, 0.4) is 0 Å². The zero-order chi connectivity index (χ0) is 20.2. The molecule has 6 rings (SSSR count). The number of thiophene rings is 1. The third-order valence-corrected chi connectivity index (χ3v) is 6.90. The van der Waals surface area contributed by atoms with Gasteiger partial charge >= 0.3 is 0 Å². The van der Waals surface area contributed by atoms with E-state index in [1.165, 1.54) is 31.3 Å². The Morgan fingerprint density at radius 2 is 1.77 bits per heavy atom. The van der Waals surface area contributed by atoms with E-state index in [2.05, 4.69) is 78.0 Å². The van der Waals surface area contributed by atoms with Gasteiger partial charge in [-0.2, -0.15) is 0 Å². The van der Waals surface area contributed by atoms with Gasteiger partial charge < -0.3 is 0 Å². The van der Waals surface area contributed by atoms with Crippen molar-refractivity contribution < 1.29 is 0 Å². The smallest absolute Gasteiger partial charge is 0.147 e. The van der Waals surface area contributed by atoms with E-state index in [1.54, 1.807) is 6.20 Å². The molecule has 144 valence electrons. The number of para-hydroxylation sites is 1. The highest BCUT2D eigenvalue weighted by atomic mass is 32.1. The van der Waals surface area contributed by atoms with Crippen LogP contribution in [0.1, 0.15) is 11.1 Å². The van der Waals surface area contributed by atoms with Crippen molar-refractivity contribution in [3.05, 3.63) is 90.3 Å². The van der Waals surface area contributed by atoms with E-state index < -0.39 is 0 Å². The van der Waals surface area contributed by atoms with Gasteiger partial charge in [-0.3, -0.25) is 9.55 Å². The fraction of sp³-hybridized carbons (Fsp3) is 0.0769. The van der Waals surface area contributed by atoms with Gasteiger partial charge in [0.25, 0.3) is 0 Å². The summed E-state index contributed by atoms with van der Waals surface area (Å²) in [5.74, 6) is 0.956. The number of nitrogens with zero attached hydrogens (tertiary/aromatic N) is 3. The second kappa shape index (κ2) is 6.51. The molecular weight excluding hydrogens is 386 g/mol. The van der Waals surface area contributed by atoms with Crippen molar-refractivity contribution in [1.82, 2.24) is 14.5 Å². The maximum Gasteiger partial charge on any atom is 0.147 e. The summed E-state index contributed by atoms with van der Waals surface area (Å²) in [6.07, 6.45) is 3.71. The first-order valence-corrected chi connectivity index (χ1v) is 10.8. The number of pyridine rings is 1. The highest BCUT2D eigenvalue weighted by Gasteiger charge is 2.19. The number of fused-ring (bicyclic) bond motifs is 4. The molecule has 0 bridgehead atoms. The fourth-order valence-electron chi connectivity index (χ4n) is 4.28. The Labute approximate surface area is 178 Å². The van der Waals surface area contributed by atoms with Gasteiger partial charge in [-0.05, 0) is 55.8 Å². The molecular formula is C26H19N3S. The highest BCUT2D eigenvalue weighted by Crippen LogP contribution is 2.42. The predicted octanol–water partition coefficient (Wildman–Crippen LogP) is 7.07. The minimum Gasteiger partial charge on any atom is -0.291 e. The zero-order valence-corrected chi connectivity index (χ0v) is 17.6. The molecule has 0 atom stereocenters. The van der Waals surface area contributed by atoms with Crippen LogP contribution >= 0.6 is 11.3 Å². The molecule has 0 saturated carbocycles. The summed E-state index contributed by atoms with van der Waals surface area (Å²) in [4.78, 5) is 9.43. The molecule has 0 spiro atoms. The Hall–Kier alpha value is -3.50. The van der Waals surface area contributed by atoms with Crippen molar-refractivity contribution in [2.45, 2.75) is 13.8 Å². The molecule has 3 nitrogen and oxygen atoms in total. The number of aryl methyl sites for hydroxylation is 2. The van der Waals surface area contributed by atoms with Gasteiger partial charge in [0.1, 0.15) is 5.82 Å². The maximum absolute atomic E-state index is 5.06. The number of aromatic nitrogens is 3. The Kier molecular flexibility index (Phi) is 3.77. The second-order valence-electron chi connectivity index (χ2n) is 7.71. The van der Waals surface area contributed by atoms with Gasteiger partial charge in [0.15, 0.2) is 0 Å². The zero-order valence-electron chi connectivity index (χ0n) is 16.8. The van der Waals surface area contributed by atoms with Crippen LogP contribution in [-0.2, 0) is 0 Å². The largest absolute Gasteiger partial charge is 0.291 e. The Morgan fingerprint density at radius 1 is 0.900 bits per heavy atom. The summed E-state index contributed by atoms with van der Waals surface area (Å²) >= 11 is 1.85. The average molecular weight is 406 g/mol. The molecule has 0 aliphatic heterocycles. The summed E-state index contributed by atoms with van der Waals surface area (Å²) in [5.41, 5.74) is 6.81. The van der Waals surface area contributed by atoms with E-state index in [1.807, 2.05) is 29.7 Å². The minimum absolute atomic E-state index is 0.953. The molecule has 3 aromatic carbocycles. The van der Waals surface area contributed by atoms with Crippen LogP contribution in [0.15, 0.2) is 79.1 Å². The van der Waals surface area contributed by atoms with Crippen molar-refractivity contribution in [2.24, 2.45) is 0 Å². The summed E-state index contributed by atoms with van der Waals surface area (Å²) in [5, 5.41) is 2.67. The lowest BCUT2D eigenvalue weighted by Crippen LogP contribution is -1.97. The molecule has 0 unspecified atom stereocenters. The Bertz CT molecular complexity index is 1560. The molecule has 3 heterocycles. The monoisotopic (exact) mass is 405 g/mol. The van der Waals surface area contributed by atoms with Crippen LogP contribution in [0, 0.1) is 13.8 Å². The predicted molar refractivity (Wildman–Crippen MR) is 127 cm³/mol. The van der Waals surface area contributed by atoms with E-state index in [4.69, 9.17) is 4.98 Å². The average Bonchev–Trinajstić information content (AvgIpc) is 3.33. The lowest BCUT2D eigenvalue weighted by atomic mass is 10.0. The summed E-state index contributed by atoms with van der Waals surface area (Å²) in [6, 6.07) is 23.6. The Morgan fingerprint density at radius 3 is 2.63 bits per heavy atom. The topological polar surface area (TPSA) is 30.7 Å². The van der Waals surface area contributed by atoms with Crippen molar-refractivity contribution >= 4 is 42.5 Å². The van der Waals surface area contributed by atoms with Crippen molar-refractivity contribution in [2.75, 3.05) is 0 Å².